The molecule has 0 unspecified atom stereocenters. The first-order chi connectivity index (χ1) is 9.51. The molecular formula is C16H32O4Si. The second-order valence-corrected chi connectivity index (χ2v) is 11.7. The Morgan fingerprint density at radius 3 is 2.38 bits per heavy atom. The maximum Gasteiger partial charge on any atom is 0.330 e. The number of hydrogen-bond acceptors (Lipinski definition) is 4. The van der Waals surface area contributed by atoms with Crippen LogP contribution in [-0.2, 0) is 14.0 Å². The van der Waals surface area contributed by atoms with Crippen LogP contribution in [0.5, 0.6) is 0 Å². The molecule has 0 fully saturated rings. The van der Waals surface area contributed by atoms with Gasteiger partial charge in [0.15, 0.2) is 8.32 Å². The van der Waals surface area contributed by atoms with Gasteiger partial charge >= 0.3 is 5.97 Å². The Morgan fingerprint density at radius 1 is 1.33 bits per heavy atom. The van der Waals surface area contributed by atoms with Gasteiger partial charge in [-0.2, -0.15) is 0 Å². The predicted molar refractivity (Wildman–Crippen MR) is 88.7 cm³/mol. The zero-order valence-corrected chi connectivity index (χ0v) is 15.6. The summed E-state index contributed by atoms with van der Waals surface area (Å²) < 4.78 is 10.9. The molecule has 0 bridgehead atoms. The number of carbonyl (C=O) groups is 1. The van der Waals surface area contributed by atoms with Gasteiger partial charge in [-0.05, 0) is 31.5 Å². The molecule has 0 aliphatic rings. The van der Waals surface area contributed by atoms with E-state index in [9.17, 15) is 9.90 Å². The highest BCUT2D eigenvalue weighted by molar-refractivity contribution is 6.74. The minimum absolute atomic E-state index is 0.0996. The zero-order chi connectivity index (χ0) is 16.7. The third-order valence-electron chi connectivity index (χ3n) is 4.11. The van der Waals surface area contributed by atoms with E-state index in [1.54, 1.807) is 13.0 Å². The average molecular weight is 317 g/mol. The molecule has 0 amide bonds. The number of aliphatic hydroxyl groups is 1. The summed E-state index contributed by atoms with van der Waals surface area (Å²) in [5.74, 6) is -0.466. The summed E-state index contributed by atoms with van der Waals surface area (Å²) in [4.78, 5) is 11.2. The summed E-state index contributed by atoms with van der Waals surface area (Å²) in [6.07, 6.45) is 3.13. The molecule has 0 aromatic rings. The second-order valence-electron chi connectivity index (χ2n) is 6.94. The Morgan fingerprint density at radius 2 is 1.90 bits per heavy atom. The van der Waals surface area contributed by atoms with E-state index in [-0.39, 0.29) is 16.9 Å². The SMILES string of the molecule is CCOC(=O)/C=C/[C@H](C)[C@@H](O)CCO[Si](C)(C)C(C)(C)C. The fraction of sp³-hybridized carbons (Fsp3) is 0.812. The first-order valence-corrected chi connectivity index (χ1v) is 10.6. The normalized spacial score (nSPS) is 16.0. The van der Waals surface area contributed by atoms with Crippen molar-refractivity contribution in [1.82, 2.24) is 0 Å². The van der Waals surface area contributed by atoms with Crippen LogP contribution in [0, 0.1) is 5.92 Å². The number of rotatable bonds is 8. The summed E-state index contributed by atoms with van der Waals surface area (Å²) in [5.41, 5.74) is 0. The van der Waals surface area contributed by atoms with Crippen molar-refractivity contribution in [1.29, 1.82) is 0 Å². The molecule has 1 N–H and O–H groups in total. The van der Waals surface area contributed by atoms with Gasteiger partial charge in [0.2, 0.25) is 0 Å². The van der Waals surface area contributed by atoms with Crippen LogP contribution in [0.25, 0.3) is 0 Å². The number of esters is 1. The molecule has 0 rings (SSSR count). The molecule has 5 heteroatoms. The van der Waals surface area contributed by atoms with E-state index in [1.807, 2.05) is 6.92 Å². The van der Waals surface area contributed by atoms with Gasteiger partial charge in [-0.15, -0.1) is 0 Å². The highest BCUT2D eigenvalue weighted by Gasteiger charge is 2.37. The van der Waals surface area contributed by atoms with E-state index < -0.39 is 14.4 Å². The second kappa shape index (κ2) is 8.71. The highest BCUT2D eigenvalue weighted by atomic mass is 28.4. The molecule has 0 spiro atoms. The molecular weight excluding hydrogens is 284 g/mol. The maximum atomic E-state index is 11.2. The Labute approximate surface area is 130 Å². The summed E-state index contributed by atoms with van der Waals surface area (Å²) >= 11 is 0. The fourth-order valence-corrected chi connectivity index (χ4v) is 2.52. The predicted octanol–water partition coefficient (Wildman–Crippen LogP) is 3.51. The maximum absolute atomic E-state index is 11.2. The van der Waals surface area contributed by atoms with Crippen LogP contribution >= 0.6 is 0 Å². The molecule has 21 heavy (non-hydrogen) atoms. The van der Waals surface area contributed by atoms with Crippen LogP contribution in [0.3, 0.4) is 0 Å². The fourth-order valence-electron chi connectivity index (χ4n) is 1.46. The molecule has 0 heterocycles. The first kappa shape index (κ1) is 20.3. The first-order valence-electron chi connectivity index (χ1n) is 7.68. The lowest BCUT2D eigenvalue weighted by atomic mass is 10.0. The third-order valence-corrected chi connectivity index (χ3v) is 8.65. The lowest BCUT2D eigenvalue weighted by Crippen LogP contribution is -2.41. The Balaban J connectivity index is 4.20. The van der Waals surface area contributed by atoms with Crippen molar-refractivity contribution in [2.24, 2.45) is 5.92 Å². The van der Waals surface area contributed by atoms with Crippen LogP contribution in [0.1, 0.15) is 41.0 Å². The van der Waals surface area contributed by atoms with Gasteiger partial charge < -0.3 is 14.3 Å². The van der Waals surface area contributed by atoms with Gasteiger partial charge in [0.1, 0.15) is 0 Å². The summed E-state index contributed by atoms with van der Waals surface area (Å²) in [5, 5.41) is 10.3. The number of hydrogen-bond donors (Lipinski definition) is 1. The molecule has 124 valence electrons. The molecule has 0 aromatic carbocycles. The van der Waals surface area contributed by atoms with Crippen LogP contribution < -0.4 is 0 Å². The van der Waals surface area contributed by atoms with Crippen molar-refractivity contribution in [2.75, 3.05) is 13.2 Å². The van der Waals surface area contributed by atoms with E-state index in [2.05, 4.69) is 33.9 Å². The van der Waals surface area contributed by atoms with Crippen LogP contribution in [-0.4, -0.2) is 38.7 Å². The number of ether oxygens (including phenoxy) is 1. The summed E-state index contributed by atoms with van der Waals surface area (Å²) in [6.45, 7) is 15.5. The quantitative estimate of drug-likeness (QED) is 0.423. The van der Waals surface area contributed by atoms with Crippen molar-refractivity contribution < 1.29 is 19.1 Å². The smallest absolute Gasteiger partial charge is 0.330 e. The van der Waals surface area contributed by atoms with Gasteiger partial charge in [0, 0.05) is 18.6 Å². The number of carbonyl (C=O) groups excluding carboxylic acids is 1. The van der Waals surface area contributed by atoms with Crippen molar-refractivity contribution in [3.05, 3.63) is 12.2 Å². The van der Waals surface area contributed by atoms with Gasteiger partial charge in [-0.1, -0.05) is 33.8 Å². The number of aliphatic hydroxyl groups excluding tert-OH is 1. The molecule has 0 aliphatic heterocycles. The van der Waals surface area contributed by atoms with Crippen LogP contribution in [0.2, 0.25) is 18.1 Å². The van der Waals surface area contributed by atoms with Crippen molar-refractivity contribution in [3.8, 4) is 0 Å². The standard InChI is InChI=1S/C16H32O4Si/c1-8-19-15(18)10-9-13(2)14(17)11-12-20-21(6,7)16(3,4)5/h9-10,13-14,17H,8,11-12H2,1-7H3/b10-9+/t13-,14-/m0/s1. The highest BCUT2D eigenvalue weighted by Crippen LogP contribution is 2.36. The van der Waals surface area contributed by atoms with E-state index in [0.717, 1.165) is 0 Å². The van der Waals surface area contributed by atoms with E-state index in [4.69, 9.17) is 9.16 Å². The molecule has 2 atom stereocenters. The Hall–Kier alpha value is -0.653. The lowest BCUT2D eigenvalue weighted by molar-refractivity contribution is -0.137. The van der Waals surface area contributed by atoms with Gasteiger partial charge in [0.05, 0.1) is 12.7 Å². The van der Waals surface area contributed by atoms with Crippen LogP contribution in [0.15, 0.2) is 12.2 Å². The molecule has 4 nitrogen and oxygen atoms in total. The minimum Gasteiger partial charge on any atom is -0.463 e. The molecule has 0 aliphatic carbocycles. The monoisotopic (exact) mass is 316 g/mol. The summed E-state index contributed by atoms with van der Waals surface area (Å²) in [7, 11) is -1.76. The summed E-state index contributed by atoms with van der Waals surface area (Å²) in [6, 6.07) is 0. The minimum atomic E-state index is -1.76. The van der Waals surface area contributed by atoms with Gasteiger partial charge in [0.25, 0.3) is 0 Å². The molecule has 0 saturated carbocycles. The van der Waals surface area contributed by atoms with E-state index in [1.165, 1.54) is 6.08 Å². The van der Waals surface area contributed by atoms with Crippen LogP contribution in [0.4, 0.5) is 0 Å². The average Bonchev–Trinajstić information content (AvgIpc) is 2.34. The topological polar surface area (TPSA) is 55.8 Å². The molecule has 0 saturated heterocycles. The van der Waals surface area contributed by atoms with E-state index >= 15 is 0 Å². The third kappa shape index (κ3) is 7.78. The molecule has 0 aromatic heterocycles. The largest absolute Gasteiger partial charge is 0.463 e. The van der Waals surface area contributed by atoms with Gasteiger partial charge in [-0.3, -0.25) is 0 Å². The Bertz CT molecular complexity index is 345. The van der Waals surface area contributed by atoms with Crippen molar-refractivity contribution in [3.63, 3.8) is 0 Å². The van der Waals surface area contributed by atoms with E-state index in [0.29, 0.717) is 19.6 Å². The Kier molecular flexibility index (Phi) is 8.44. The lowest BCUT2D eigenvalue weighted by Gasteiger charge is -2.36. The molecule has 0 radical (unpaired) electrons. The van der Waals surface area contributed by atoms with Gasteiger partial charge in [-0.25, -0.2) is 4.79 Å². The van der Waals surface area contributed by atoms with Crippen molar-refractivity contribution in [2.45, 2.75) is 65.3 Å². The zero-order valence-electron chi connectivity index (χ0n) is 14.6. The van der Waals surface area contributed by atoms with Crippen molar-refractivity contribution >= 4 is 14.3 Å².